The van der Waals surface area contributed by atoms with Crippen molar-refractivity contribution in [2.45, 2.75) is 39.1 Å². The fourth-order valence-corrected chi connectivity index (χ4v) is 6.03. The average Bonchev–Trinajstić information content (AvgIpc) is 3.33. The molecule has 2 amide bonds. The van der Waals surface area contributed by atoms with Crippen LogP contribution in [-0.2, 0) is 16.1 Å². The summed E-state index contributed by atoms with van der Waals surface area (Å²) in [6.07, 6.45) is 6.07. The van der Waals surface area contributed by atoms with E-state index in [1.165, 1.54) is 11.3 Å². The largest absolute Gasteiger partial charge is 0.481 e. The highest BCUT2D eigenvalue weighted by Gasteiger charge is 2.59. The van der Waals surface area contributed by atoms with Crippen molar-refractivity contribution in [1.29, 1.82) is 0 Å². The van der Waals surface area contributed by atoms with E-state index in [4.69, 9.17) is 9.73 Å². The molecule has 0 bridgehead atoms. The number of amides is 2. The number of carbonyl (C=O) groups excluding carboxylic acids is 1. The first kappa shape index (κ1) is 25.1. The number of aromatic nitrogens is 1. The zero-order chi connectivity index (χ0) is 25.1. The number of anilines is 1. The number of nitrogens with zero attached hydrogens (tertiary/aromatic N) is 3. The third kappa shape index (κ3) is 4.39. The van der Waals surface area contributed by atoms with Crippen molar-refractivity contribution in [3.63, 3.8) is 0 Å². The first-order chi connectivity index (χ1) is 16.9. The number of aliphatic imine (C=N–C) groups is 1. The van der Waals surface area contributed by atoms with E-state index in [2.05, 4.69) is 20.9 Å². The van der Waals surface area contributed by atoms with Crippen molar-refractivity contribution in [1.82, 2.24) is 20.9 Å². The topological polar surface area (TPSA) is 128 Å². The van der Waals surface area contributed by atoms with Crippen LogP contribution in [0.25, 0.3) is 10.2 Å². The van der Waals surface area contributed by atoms with Gasteiger partial charge < -0.3 is 25.4 Å². The number of piperidine rings is 1. The van der Waals surface area contributed by atoms with E-state index in [-0.39, 0.29) is 0 Å². The minimum Gasteiger partial charge on any atom is -0.481 e. The van der Waals surface area contributed by atoms with E-state index in [9.17, 15) is 14.7 Å². The second-order valence-corrected chi connectivity index (χ2v) is 9.62. The van der Waals surface area contributed by atoms with Crippen LogP contribution in [0.5, 0.6) is 0 Å². The Hall–Kier alpha value is -3.02. The van der Waals surface area contributed by atoms with Gasteiger partial charge in [-0.1, -0.05) is 6.92 Å². The van der Waals surface area contributed by atoms with Gasteiger partial charge in [0.15, 0.2) is 0 Å². The highest BCUT2D eigenvalue weighted by molar-refractivity contribution is 7.17. The van der Waals surface area contributed by atoms with Crippen molar-refractivity contribution >= 4 is 45.5 Å². The Kier molecular flexibility index (Phi) is 7.39. The van der Waals surface area contributed by atoms with Gasteiger partial charge in [-0.3, -0.25) is 10.1 Å². The third-order valence-electron chi connectivity index (χ3n) is 6.97. The number of ether oxygens (including phenoxy) is 1. The maximum Gasteiger partial charge on any atom is 0.318 e. The molecule has 3 atom stereocenters. The number of aliphatic carboxylic acids is 1. The van der Waals surface area contributed by atoms with Gasteiger partial charge in [0, 0.05) is 38.3 Å². The summed E-state index contributed by atoms with van der Waals surface area (Å²) in [6.45, 7) is 5.48. The maximum absolute atomic E-state index is 13.0. The van der Waals surface area contributed by atoms with Crippen LogP contribution in [0.1, 0.15) is 32.3 Å². The second-order valence-electron chi connectivity index (χ2n) is 8.76. The predicted molar refractivity (Wildman–Crippen MR) is 137 cm³/mol. The summed E-state index contributed by atoms with van der Waals surface area (Å²) in [7, 11) is 1.64. The molecule has 4 rings (SSSR count). The molecule has 188 valence electrons. The molecule has 1 aromatic heterocycles. The molecule has 1 fully saturated rings. The van der Waals surface area contributed by atoms with Gasteiger partial charge in [0.05, 0.1) is 33.7 Å². The minimum absolute atomic E-state index is 0.373. The van der Waals surface area contributed by atoms with Crippen molar-refractivity contribution in [2.75, 3.05) is 31.6 Å². The summed E-state index contributed by atoms with van der Waals surface area (Å²) in [5.41, 5.74) is 3.19. The number of hydrogen-bond acceptors (Lipinski definition) is 8. The maximum atomic E-state index is 13.0. The first-order valence-corrected chi connectivity index (χ1v) is 12.7. The van der Waals surface area contributed by atoms with Crippen molar-refractivity contribution in [3.8, 4) is 0 Å². The van der Waals surface area contributed by atoms with E-state index in [1.807, 2.05) is 37.1 Å². The first-order valence-electron chi connectivity index (χ1n) is 11.8. The number of methoxy groups -OCH3 is 1. The number of nitrogens with one attached hydrogen (secondary N) is 3. The van der Waals surface area contributed by atoms with Crippen LogP contribution in [-0.4, -0.2) is 60.8 Å². The number of thiazole rings is 1. The molecule has 2 aliphatic rings. The number of urea groups is 1. The molecule has 0 saturated carbocycles. The molecule has 10 nitrogen and oxygen atoms in total. The normalized spacial score (nSPS) is 26.1. The monoisotopic (exact) mass is 500 g/mol. The number of carbonyl (C=O) groups is 2. The molecule has 0 radical (unpaired) electrons. The minimum atomic E-state index is -1.39. The summed E-state index contributed by atoms with van der Waals surface area (Å²) in [5.74, 6) is -2.85. The van der Waals surface area contributed by atoms with Gasteiger partial charge in [0.2, 0.25) is 5.79 Å². The molecule has 11 heteroatoms. The highest BCUT2D eigenvalue weighted by Crippen LogP contribution is 2.47. The lowest BCUT2D eigenvalue weighted by molar-refractivity contribution is -0.158. The SMILES string of the molecule is CCNC(=O)NC1(C2CNCCC2(CC)C(=O)O)N=CC=CN1c1cc(COC)c2scnc2c1. The fraction of sp³-hybridized carbons (Fsp3) is 0.500. The van der Waals surface area contributed by atoms with Gasteiger partial charge in [0.25, 0.3) is 0 Å². The van der Waals surface area contributed by atoms with Crippen molar-refractivity contribution < 1.29 is 19.4 Å². The number of carboxylic acid groups (broad SMARTS) is 1. The number of rotatable bonds is 8. The lowest BCUT2D eigenvalue weighted by Gasteiger charge is -2.53. The zero-order valence-corrected chi connectivity index (χ0v) is 21.0. The van der Waals surface area contributed by atoms with Crippen LogP contribution in [0.4, 0.5) is 10.5 Å². The van der Waals surface area contributed by atoms with Gasteiger partial charge in [-0.15, -0.1) is 11.3 Å². The van der Waals surface area contributed by atoms with E-state index in [1.54, 1.807) is 24.9 Å². The number of allylic oxidation sites excluding steroid dienone is 1. The summed E-state index contributed by atoms with van der Waals surface area (Å²) in [5, 5.41) is 19.7. The summed E-state index contributed by atoms with van der Waals surface area (Å²) < 4.78 is 6.46. The highest BCUT2D eigenvalue weighted by atomic mass is 32.1. The molecule has 3 unspecified atom stereocenters. The Labute approximate surface area is 208 Å². The molecule has 35 heavy (non-hydrogen) atoms. The lowest BCUT2D eigenvalue weighted by Crippen LogP contribution is -2.71. The lowest BCUT2D eigenvalue weighted by atomic mass is 9.65. The Morgan fingerprint density at radius 1 is 1.37 bits per heavy atom. The summed E-state index contributed by atoms with van der Waals surface area (Å²) >= 11 is 1.54. The number of hydrogen-bond donors (Lipinski definition) is 4. The molecule has 3 heterocycles. The predicted octanol–water partition coefficient (Wildman–Crippen LogP) is 2.91. The molecular formula is C24H32N6O4S. The molecule has 4 N–H and O–H groups in total. The number of benzene rings is 1. The van der Waals surface area contributed by atoms with Gasteiger partial charge in [-0.05, 0) is 50.1 Å². The molecule has 2 aliphatic heterocycles. The number of carboxylic acids is 1. The van der Waals surface area contributed by atoms with Crippen LogP contribution in [0, 0.1) is 11.3 Å². The number of fused-ring (bicyclic) bond motifs is 1. The molecule has 0 aliphatic carbocycles. The van der Waals surface area contributed by atoms with Crippen molar-refractivity contribution in [3.05, 3.63) is 35.5 Å². The van der Waals surface area contributed by atoms with E-state index >= 15 is 0 Å². The summed E-state index contributed by atoms with van der Waals surface area (Å²) in [6, 6.07) is 3.51. The Bertz CT molecular complexity index is 1150. The van der Waals surface area contributed by atoms with Crippen LogP contribution < -0.4 is 20.9 Å². The van der Waals surface area contributed by atoms with Crippen LogP contribution in [0.2, 0.25) is 0 Å². The Balaban J connectivity index is 1.92. The van der Waals surface area contributed by atoms with Crippen LogP contribution >= 0.6 is 11.3 Å². The molecule has 1 saturated heterocycles. The van der Waals surface area contributed by atoms with Crippen molar-refractivity contribution in [2.24, 2.45) is 16.3 Å². The average molecular weight is 501 g/mol. The van der Waals surface area contributed by atoms with E-state index in [0.717, 1.165) is 21.5 Å². The van der Waals surface area contributed by atoms with Gasteiger partial charge in [-0.25, -0.2) is 14.8 Å². The quantitative estimate of drug-likeness (QED) is 0.439. The van der Waals surface area contributed by atoms with Crippen LogP contribution in [0.3, 0.4) is 0 Å². The molecule has 2 aromatic rings. The van der Waals surface area contributed by atoms with Crippen LogP contribution in [0.15, 0.2) is 34.9 Å². The summed E-state index contributed by atoms with van der Waals surface area (Å²) in [4.78, 5) is 37.0. The Morgan fingerprint density at radius 2 is 2.20 bits per heavy atom. The molecule has 1 aromatic carbocycles. The second kappa shape index (κ2) is 10.3. The standard InChI is InChI=1S/C24H32N6O4S/c1-4-23(21(31)32)7-9-25-13-19(23)24(29-22(33)26-5-2)28-8-6-10-30(24)17-11-16(14-34-3)20-18(12-17)27-15-35-20/h6,8,10-12,15,19,25H,4-5,7,9,13-14H2,1-3H3,(H,31,32)(H2,26,29,33). The van der Waals surface area contributed by atoms with Gasteiger partial charge >= 0.3 is 12.0 Å². The molecule has 0 spiro atoms. The van der Waals surface area contributed by atoms with Gasteiger partial charge in [-0.2, -0.15) is 0 Å². The van der Waals surface area contributed by atoms with Gasteiger partial charge in [0.1, 0.15) is 0 Å². The van der Waals surface area contributed by atoms with E-state index in [0.29, 0.717) is 39.1 Å². The zero-order valence-electron chi connectivity index (χ0n) is 20.2. The van der Waals surface area contributed by atoms with E-state index < -0.39 is 29.1 Å². The third-order valence-corrected chi connectivity index (χ3v) is 7.89. The Morgan fingerprint density at radius 3 is 2.91 bits per heavy atom. The fourth-order valence-electron chi connectivity index (χ4n) is 5.26. The smallest absolute Gasteiger partial charge is 0.318 e. The molecular weight excluding hydrogens is 468 g/mol.